The lowest BCUT2D eigenvalue weighted by Crippen LogP contribution is -2.50. The predicted octanol–water partition coefficient (Wildman–Crippen LogP) is 3.84. The van der Waals surface area contributed by atoms with Crippen molar-refractivity contribution in [1.29, 1.82) is 0 Å². The van der Waals surface area contributed by atoms with Gasteiger partial charge in [0.2, 0.25) is 5.91 Å². The molecule has 0 bridgehead atoms. The van der Waals surface area contributed by atoms with E-state index in [2.05, 4.69) is 4.90 Å². The number of ether oxygens (including phenoxy) is 2. The Balaban J connectivity index is 1.46. The Morgan fingerprint density at radius 3 is 2.42 bits per heavy atom. The van der Waals surface area contributed by atoms with Gasteiger partial charge in [-0.2, -0.15) is 0 Å². The van der Waals surface area contributed by atoms with Gasteiger partial charge in [-0.3, -0.25) is 14.6 Å². The van der Waals surface area contributed by atoms with Gasteiger partial charge >= 0.3 is 6.09 Å². The zero-order chi connectivity index (χ0) is 23.6. The molecule has 1 aromatic carbocycles. The second kappa shape index (κ2) is 9.92. The van der Waals surface area contributed by atoms with E-state index in [1.807, 2.05) is 56.9 Å². The first-order chi connectivity index (χ1) is 15.7. The van der Waals surface area contributed by atoms with E-state index in [1.165, 1.54) is 19.3 Å². The van der Waals surface area contributed by atoms with Crippen molar-refractivity contribution < 1.29 is 19.1 Å². The van der Waals surface area contributed by atoms with Gasteiger partial charge in [-0.25, -0.2) is 4.79 Å². The summed E-state index contributed by atoms with van der Waals surface area (Å²) in [6.07, 6.45) is 4.65. The van der Waals surface area contributed by atoms with Crippen LogP contribution in [0.4, 0.5) is 4.79 Å². The van der Waals surface area contributed by atoms with Gasteiger partial charge in [0, 0.05) is 38.6 Å². The van der Waals surface area contributed by atoms with Crippen LogP contribution in [0.25, 0.3) is 0 Å². The Hall–Kier alpha value is -2.28. The molecule has 7 heteroatoms. The summed E-state index contributed by atoms with van der Waals surface area (Å²) in [5, 5.41) is 0. The molecule has 4 rings (SSSR count). The van der Waals surface area contributed by atoms with Gasteiger partial charge in [0.05, 0.1) is 6.54 Å². The van der Waals surface area contributed by atoms with Crippen LogP contribution in [0.2, 0.25) is 0 Å². The van der Waals surface area contributed by atoms with Crippen LogP contribution in [0, 0.1) is 6.92 Å². The normalized spacial score (nSPS) is 24.8. The molecular weight excluding hydrogens is 418 g/mol. The maximum Gasteiger partial charge on any atom is 0.411 e. The Morgan fingerprint density at radius 2 is 1.76 bits per heavy atom. The maximum absolute atomic E-state index is 13.7. The molecule has 0 spiro atoms. The van der Waals surface area contributed by atoms with Gasteiger partial charge in [0.25, 0.3) is 0 Å². The average Bonchev–Trinajstić information content (AvgIpc) is 2.98. The minimum absolute atomic E-state index is 0.0206. The third-order valence-electron chi connectivity index (χ3n) is 7.00. The smallest absolute Gasteiger partial charge is 0.411 e. The fourth-order valence-corrected chi connectivity index (χ4v) is 4.99. The largest absolute Gasteiger partial charge is 0.488 e. The van der Waals surface area contributed by atoms with Crippen molar-refractivity contribution in [1.82, 2.24) is 14.7 Å². The van der Waals surface area contributed by atoms with Crippen LogP contribution in [0.3, 0.4) is 0 Å². The summed E-state index contributed by atoms with van der Waals surface area (Å²) in [6.45, 7) is 11.3. The number of likely N-dealkylation sites (tertiary alicyclic amines) is 1. The molecule has 7 nitrogen and oxygen atoms in total. The molecule has 0 radical (unpaired) electrons. The van der Waals surface area contributed by atoms with Crippen molar-refractivity contribution in [3.8, 4) is 5.75 Å². The van der Waals surface area contributed by atoms with Gasteiger partial charge in [0.1, 0.15) is 23.5 Å². The van der Waals surface area contributed by atoms with Crippen LogP contribution in [-0.4, -0.2) is 83.2 Å². The van der Waals surface area contributed by atoms with Gasteiger partial charge in [0.15, 0.2) is 0 Å². The Bertz CT molecular complexity index is 848. The molecule has 2 heterocycles. The summed E-state index contributed by atoms with van der Waals surface area (Å²) in [5.41, 5.74) is 0.422. The molecule has 3 aliphatic rings. The molecular formula is C26H39N3O4. The number of rotatable bonds is 4. The summed E-state index contributed by atoms with van der Waals surface area (Å²) in [6, 6.07) is 8.00. The highest BCUT2D eigenvalue weighted by molar-refractivity contribution is 5.86. The van der Waals surface area contributed by atoms with Crippen molar-refractivity contribution in [2.45, 2.75) is 83.6 Å². The third kappa shape index (κ3) is 5.81. The summed E-state index contributed by atoms with van der Waals surface area (Å²) < 4.78 is 11.9. The highest BCUT2D eigenvalue weighted by atomic mass is 16.6. The Morgan fingerprint density at radius 1 is 1.00 bits per heavy atom. The minimum atomic E-state index is -0.620. The molecule has 2 aliphatic heterocycles. The van der Waals surface area contributed by atoms with Gasteiger partial charge in [-0.05, 0) is 58.6 Å². The Kier molecular flexibility index (Phi) is 7.17. The topological polar surface area (TPSA) is 62.3 Å². The monoisotopic (exact) mass is 457 g/mol. The number of carbonyl (C=O) groups excluding carboxylic acids is 2. The first-order valence-corrected chi connectivity index (χ1v) is 12.5. The summed E-state index contributed by atoms with van der Waals surface area (Å²) >= 11 is 0. The number of aryl methyl sites for hydroxylation is 1. The number of nitrogens with zero attached hydrogens (tertiary/aromatic N) is 3. The molecule has 0 N–H and O–H groups in total. The second-order valence-corrected chi connectivity index (χ2v) is 10.7. The number of para-hydroxylation sites is 1. The van der Waals surface area contributed by atoms with Crippen molar-refractivity contribution in [3.05, 3.63) is 29.8 Å². The lowest BCUT2D eigenvalue weighted by molar-refractivity contribution is -0.135. The highest BCUT2D eigenvalue weighted by Crippen LogP contribution is 2.29. The highest BCUT2D eigenvalue weighted by Gasteiger charge is 2.44. The van der Waals surface area contributed by atoms with Crippen LogP contribution in [-0.2, 0) is 9.53 Å². The van der Waals surface area contributed by atoms with E-state index in [-0.39, 0.29) is 12.0 Å². The van der Waals surface area contributed by atoms with E-state index >= 15 is 0 Å². The van der Waals surface area contributed by atoms with Crippen molar-refractivity contribution >= 4 is 12.0 Å². The van der Waals surface area contributed by atoms with E-state index in [1.54, 1.807) is 4.90 Å². The standard InChI is InChI=1S/C26H39N3O4/c1-19-9-5-6-12-23(19)32-21-17-22(29(18-21)25(31)33-26(2,3)4)24(30)28-14-8-13-27(15-16-28)20-10-7-11-20/h5-6,9,12,20-22H,7-8,10-11,13-18H2,1-4H3. The molecule has 1 aromatic rings. The van der Waals surface area contributed by atoms with Crippen LogP contribution in [0.5, 0.6) is 5.75 Å². The van der Waals surface area contributed by atoms with E-state index in [4.69, 9.17) is 9.47 Å². The number of amides is 2. The van der Waals surface area contributed by atoms with Gasteiger partial charge in [-0.15, -0.1) is 0 Å². The minimum Gasteiger partial charge on any atom is -0.488 e. The van der Waals surface area contributed by atoms with Crippen molar-refractivity contribution in [3.63, 3.8) is 0 Å². The number of carbonyl (C=O) groups is 2. The van der Waals surface area contributed by atoms with Gasteiger partial charge in [-0.1, -0.05) is 24.6 Å². The van der Waals surface area contributed by atoms with E-state index in [9.17, 15) is 9.59 Å². The molecule has 3 fully saturated rings. The van der Waals surface area contributed by atoms with E-state index in [0.29, 0.717) is 19.0 Å². The molecule has 182 valence electrons. The summed E-state index contributed by atoms with van der Waals surface area (Å²) in [7, 11) is 0. The molecule has 2 amide bonds. The first kappa shape index (κ1) is 23.9. The summed E-state index contributed by atoms with van der Waals surface area (Å²) in [5.74, 6) is 0.817. The molecule has 2 saturated heterocycles. The number of benzene rings is 1. The maximum atomic E-state index is 13.7. The first-order valence-electron chi connectivity index (χ1n) is 12.5. The number of hydrogen-bond donors (Lipinski definition) is 0. The zero-order valence-electron chi connectivity index (χ0n) is 20.6. The summed E-state index contributed by atoms with van der Waals surface area (Å²) in [4.78, 5) is 32.8. The van der Waals surface area contributed by atoms with Crippen LogP contribution >= 0.6 is 0 Å². The quantitative estimate of drug-likeness (QED) is 0.688. The lowest BCUT2D eigenvalue weighted by atomic mass is 9.91. The van der Waals surface area contributed by atoms with Crippen molar-refractivity contribution in [2.75, 3.05) is 32.7 Å². The van der Waals surface area contributed by atoms with Crippen molar-refractivity contribution in [2.24, 2.45) is 0 Å². The fraction of sp³-hybridized carbons (Fsp3) is 0.692. The SMILES string of the molecule is Cc1ccccc1OC1CC(C(=O)N2CCCN(C3CCC3)CC2)N(C(=O)OC(C)(C)C)C1. The third-order valence-corrected chi connectivity index (χ3v) is 7.00. The average molecular weight is 458 g/mol. The molecule has 1 saturated carbocycles. The fourth-order valence-electron chi connectivity index (χ4n) is 4.99. The van der Waals surface area contributed by atoms with E-state index in [0.717, 1.165) is 43.9 Å². The lowest BCUT2D eigenvalue weighted by Gasteiger charge is -2.37. The molecule has 2 unspecified atom stereocenters. The molecule has 0 aromatic heterocycles. The van der Waals surface area contributed by atoms with Crippen LogP contribution in [0.15, 0.2) is 24.3 Å². The van der Waals surface area contributed by atoms with Crippen LogP contribution in [0.1, 0.15) is 58.4 Å². The second-order valence-electron chi connectivity index (χ2n) is 10.7. The molecule has 1 aliphatic carbocycles. The van der Waals surface area contributed by atoms with Crippen LogP contribution < -0.4 is 4.74 Å². The molecule has 2 atom stereocenters. The Labute approximate surface area is 198 Å². The predicted molar refractivity (Wildman–Crippen MR) is 127 cm³/mol. The zero-order valence-corrected chi connectivity index (χ0v) is 20.6. The van der Waals surface area contributed by atoms with E-state index < -0.39 is 17.7 Å². The van der Waals surface area contributed by atoms with Gasteiger partial charge < -0.3 is 14.4 Å². The molecule has 33 heavy (non-hydrogen) atoms. The number of hydrogen-bond acceptors (Lipinski definition) is 5.